The van der Waals surface area contributed by atoms with E-state index in [9.17, 15) is 0 Å². The second kappa shape index (κ2) is 2.13. The van der Waals surface area contributed by atoms with Crippen LogP contribution in [0.25, 0.3) is 0 Å². The van der Waals surface area contributed by atoms with E-state index in [1.807, 2.05) is 7.11 Å². The normalized spacial score (nSPS) is 79.7. The quantitative estimate of drug-likeness (QED) is 0.654. The van der Waals surface area contributed by atoms with Gasteiger partial charge < -0.3 is 4.74 Å². The Balaban J connectivity index is 1.55. The van der Waals surface area contributed by atoms with Crippen molar-refractivity contribution < 1.29 is 4.74 Å². The molecule has 0 amide bonds. The lowest BCUT2D eigenvalue weighted by Gasteiger charge is -2.47. The van der Waals surface area contributed by atoms with Gasteiger partial charge >= 0.3 is 0 Å². The lowest BCUT2D eigenvalue weighted by atomic mass is 9.60. The van der Waals surface area contributed by atoms with Crippen molar-refractivity contribution in [2.45, 2.75) is 25.4 Å². The predicted molar refractivity (Wildman–Crippen MR) is 59.5 cm³/mol. The Morgan fingerprint density at radius 1 is 0.688 bits per heavy atom. The van der Waals surface area contributed by atoms with Crippen molar-refractivity contribution in [1.29, 1.82) is 0 Å². The summed E-state index contributed by atoms with van der Waals surface area (Å²) in [6.45, 7) is 0. The molecular weight excluding hydrogens is 196 g/mol. The molecule has 7 fully saturated rings. The van der Waals surface area contributed by atoms with Gasteiger partial charge in [-0.2, -0.15) is 0 Å². The van der Waals surface area contributed by atoms with Crippen LogP contribution in [0.4, 0.5) is 0 Å². The van der Waals surface area contributed by atoms with Crippen molar-refractivity contribution in [2.24, 2.45) is 59.2 Å². The molecule has 0 aromatic rings. The third-order valence-electron chi connectivity index (χ3n) is 7.96. The van der Waals surface area contributed by atoms with Gasteiger partial charge in [-0.3, -0.25) is 0 Å². The Labute approximate surface area is 96.9 Å². The highest BCUT2D eigenvalue weighted by Crippen LogP contribution is 2.85. The molecule has 0 aromatic heterocycles. The van der Waals surface area contributed by atoms with Crippen molar-refractivity contribution in [2.75, 3.05) is 7.11 Å². The summed E-state index contributed by atoms with van der Waals surface area (Å²) in [7, 11) is 1.98. The van der Waals surface area contributed by atoms with Gasteiger partial charge in [0.05, 0.1) is 6.10 Å². The number of hydrogen-bond acceptors (Lipinski definition) is 1. The van der Waals surface area contributed by atoms with Crippen molar-refractivity contribution in [3.63, 3.8) is 0 Å². The molecule has 0 heterocycles. The number of fused-ring (bicyclic) bond motifs is 1. The van der Waals surface area contributed by atoms with Crippen LogP contribution < -0.4 is 0 Å². The highest BCUT2D eigenvalue weighted by atomic mass is 16.5. The minimum absolute atomic E-state index is 0.674. The SMILES string of the molecule is COC1C2CC3C(C2)C1C1C2CC4C(C32)C41. The van der Waals surface area contributed by atoms with E-state index in [0.29, 0.717) is 6.10 Å². The number of hydrogen-bond donors (Lipinski definition) is 0. The molecule has 11 atom stereocenters. The van der Waals surface area contributed by atoms with Gasteiger partial charge in [-0.05, 0) is 78.4 Å². The fourth-order valence-corrected chi connectivity index (χ4v) is 8.14. The monoisotopic (exact) mass is 216 g/mol. The van der Waals surface area contributed by atoms with Gasteiger partial charge in [0.1, 0.15) is 0 Å². The van der Waals surface area contributed by atoms with Crippen LogP contribution in [0.2, 0.25) is 0 Å². The average Bonchev–Trinajstić information content (AvgIpc) is 2.85. The van der Waals surface area contributed by atoms with Crippen LogP contribution in [0.1, 0.15) is 19.3 Å². The highest BCUT2D eigenvalue weighted by molar-refractivity contribution is 5.28. The van der Waals surface area contributed by atoms with Gasteiger partial charge in [0, 0.05) is 7.11 Å². The molecule has 0 saturated heterocycles. The largest absolute Gasteiger partial charge is 0.381 e. The summed E-state index contributed by atoms with van der Waals surface area (Å²) >= 11 is 0. The van der Waals surface area contributed by atoms with Crippen molar-refractivity contribution in [3.05, 3.63) is 0 Å². The fraction of sp³-hybridized carbons (Fsp3) is 1.00. The van der Waals surface area contributed by atoms with Gasteiger partial charge in [0.15, 0.2) is 0 Å². The first-order chi connectivity index (χ1) is 7.90. The van der Waals surface area contributed by atoms with E-state index in [1.54, 1.807) is 12.8 Å². The molecule has 11 unspecified atom stereocenters. The summed E-state index contributed by atoms with van der Waals surface area (Å²) in [6.07, 6.45) is 5.39. The van der Waals surface area contributed by atoms with Crippen LogP contribution >= 0.6 is 0 Å². The van der Waals surface area contributed by atoms with Crippen molar-refractivity contribution >= 4 is 0 Å². The summed E-state index contributed by atoms with van der Waals surface area (Å²) in [5.74, 6) is 11.4. The standard InChI is InChI=1S/C15H20O/c1-16-15-5-2-6-7(3-5)14(15)13-8-4-9-11(10(6)8)12(9)13/h5-15H,2-4H2,1H3. The predicted octanol–water partition coefficient (Wildman–Crippen LogP) is 2.42. The minimum Gasteiger partial charge on any atom is -0.381 e. The molecule has 7 aliphatic carbocycles. The van der Waals surface area contributed by atoms with Gasteiger partial charge in [-0.15, -0.1) is 0 Å². The maximum Gasteiger partial charge on any atom is 0.0633 e. The zero-order chi connectivity index (χ0) is 10.2. The zero-order valence-electron chi connectivity index (χ0n) is 9.88. The van der Waals surface area contributed by atoms with Gasteiger partial charge in [0.2, 0.25) is 0 Å². The van der Waals surface area contributed by atoms with Crippen molar-refractivity contribution in [1.82, 2.24) is 0 Å². The molecule has 0 radical (unpaired) electrons. The first-order valence-corrected chi connectivity index (χ1v) is 7.43. The number of rotatable bonds is 1. The average molecular weight is 216 g/mol. The Morgan fingerprint density at radius 3 is 2.06 bits per heavy atom. The Kier molecular flexibility index (Phi) is 1.08. The van der Waals surface area contributed by atoms with E-state index >= 15 is 0 Å². The van der Waals surface area contributed by atoms with Gasteiger partial charge in [-0.1, -0.05) is 0 Å². The molecule has 0 N–H and O–H groups in total. The molecule has 1 heteroatoms. The molecule has 16 heavy (non-hydrogen) atoms. The van der Waals surface area contributed by atoms with Crippen LogP contribution in [0, 0.1) is 59.2 Å². The van der Waals surface area contributed by atoms with Gasteiger partial charge in [-0.25, -0.2) is 0 Å². The number of ether oxygens (including phenoxy) is 1. The molecule has 8 bridgehead atoms. The third kappa shape index (κ3) is 0.573. The molecule has 0 aromatic carbocycles. The molecule has 7 saturated carbocycles. The van der Waals surface area contributed by atoms with Crippen molar-refractivity contribution in [3.8, 4) is 0 Å². The first-order valence-electron chi connectivity index (χ1n) is 7.43. The summed E-state index contributed by atoms with van der Waals surface area (Å²) in [6, 6.07) is 0. The van der Waals surface area contributed by atoms with Crippen LogP contribution in [0.5, 0.6) is 0 Å². The van der Waals surface area contributed by atoms with Crippen LogP contribution in [0.15, 0.2) is 0 Å². The summed E-state index contributed by atoms with van der Waals surface area (Å²) in [5, 5.41) is 0. The topological polar surface area (TPSA) is 9.23 Å². The van der Waals surface area contributed by atoms with E-state index in [-0.39, 0.29) is 0 Å². The maximum atomic E-state index is 5.92. The zero-order valence-corrected chi connectivity index (χ0v) is 9.88. The minimum atomic E-state index is 0.674. The third-order valence-corrected chi connectivity index (χ3v) is 7.96. The first kappa shape index (κ1) is 8.13. The molecule has 7 rings (SSSR count). The van der Waals surface area contributed by atoms with Crippen LogP contribution in [-0.4, -0.2) is 13.2 Å². The summed E-state index contributed by atoms with van der Waals surface area (Å²) in [5.41, 5.74) is 0. The fourth-order valence-electron chi connectivity index (χ4n) is 8.14. The number of methoxy groups -OCH3 is 1. The molecule has 1 nitrogen and oxygen atoms in total. The summed E-state index contributed by atoms with van der Waals surface area (Å²) < 4.78 is 5.92. The second-order valence-corrected chi connectivity index (χ2v) is 7.71. The van der Waals surface area contributed by atoms with E-state index < -0.39 is 0 Å². The molecule has 86 valence electrons. The van der Waals surface area contributed by atoms with Crippen LogP contribution in [-0.2, 0) is 4.74 Å². The summed E-state index contributed by atoms with van der Waals surface area (Å²) in [4.78, 5) is 0. The highest BCUT2D eigenvalue weighted by Gasteiger charge is 2.81. The second-order valence-electron chi connectivity index (χ2n) is 7.71. The molecule has 7 aliphatic rings. The molecule has 0 spiro atoms. The Bertz CT molecular complexity index is 391. The van der Waals surface area contributed by atoms with E-state index in [2.05, 4.69) is 0 Å². The van der Waals surface area contributed by atoms with Crippen LogP contribution in [0.3, 0.4) is 0 Å². The molecule has 0 aliphatic heterocycles. The van der Waals surface area contributed by atoms with Gasteiger partial charge in [0.25, 0.3) is 0 Å². The smallest absolute Gasteiger partial charge is 0.0633 e. The van der Waals surface area contributed by atoms with E-state index in [0.717, 1.165) is 29.6 Å². The molecular formula is C15H20O. The Morgan fingerprint density at radius 2 is 1.31 bits per heavy atom. The Hall–Kier alpha value is -0.0400. The lowest BCUT2D eigenvalue weighted by molar-refractivity contribution is -0.0699. The maximum absolute atomic E-state index is 5.92. The van der Waals surface area contributed by atoms with E-state index in [4.69, 9.17) is 4.74 Å². The lowest BCUT2D eigenvalue weighted by Crippen LogP contribution is -2.46. The van der Waals surface area contributed by atoms with E-state index in [1.165, 1.54) is 36.0 Å².